The lowest BCUT2D eigenvalue weighted by Crippen LogP contribution is -2.54. The average Bonchev–Trinajstić information content (AvgIpc) is 3.07. The highest BCUT2D eigenvalue weighted by Gasteiger charge is 2.35. The molecule has 10 heteroatoms. The maximum absolute atomic E-state index is 14.6. The van der Waals surface area contributed by atoms with Crippen LogP contribution in [0, 0.1) is 12.7 Å². The number of ether oxygens (including phenoxy) is 1. The molecule has 2 atom stereocenters. The molecule has 0 fully saturated rings. The standard InChI is InChI=1S/C37H42FN3O5S/c1-5-28(4)39-37(43)34(24-29-12-8-7-9-13-29)40(25-30-18-20-31(38)21-19-30)36(42)26-41(33-14-10-11-15-35(33)46-6-2)47(44,45)32-22-16-27(3)17-23-32/h7-23,28,34H,5-6,24-26H2,1-4H3,(H,39,43). The first-order valence-electron chi connectivity index (χ1n) is 15.7. The van der Waals surface area contributed by atoms with Gasteiger partial charge in [-0.25, -0.2) is 12.8 Å². The van der Waals surface area contributed by atoms with Crippen molar-refractivity contribution in [2.75, 3.05) is 17.5 Å². The molecule has 0 aliphatic rings. The predicted octanol–water partition coefficient (Wildman–Crippen LogP) is 6.28. The third kappa shape index (κ3) is 9.19. The fraction of sp³-hybridized carbons (Fsp3) is 0.297. The summed E-state index contributed by atoms with van der Waals surface area (Å²) >= 11 is 0. The van der Waals surface area contributed by atoms with Crippen LogP contribution in [0.4, 0.5) is 10.1 Å². The van der Waals surface area contributed by atoms with Crippen LogP contribution in [0.15, 0.2) is 108 Å². The molecule has 248 valence electrons. The molecule has 0 bridgehead atoms. The zero-order valence-electron chi connectivity index (χ0n) is 27.2. The number of hydrogen-bond acceptors (Lipinski definition) is 5. The highest BCUT2D eigenvalue weighted by molar-refractivity contribution is 7.92. The summed E-state index contributed by atoms with van der Waals surface area (Å²) in [6, 6.07) is 26.8. The topological polar surface area (TPSA) is 96.0 Å². The Bertz CT molecular complexity index is 1730. The molecule has 2 unspecified atom stereocenters. The molecule has 8 nitrogen and oxygen atoms in total. The van der Waals surface area contributed by atoms with Crippen molar-refractivity contribution in [1.29, 1.82) is 0 Å². The molecule has 0 radical (unpaired) electrons. The molecule has 2 amide bonds. The van der Waals surface area contributed by atoms with Gasteiger partial charge in [0, 0.05) is 19.0 Å². The number of anilines is 1. The number of halogens is 1. The molecule has 4 aromatic carbocycles. The van der Waals surface area contributed by atoms with Crippen LogP contribution in [0.25, 0.3) is 0 Å². The van der Waals surface area contributed by atoms with E-state index in [1.807, 2.05) is 51.1 Å². The quantitative estimate of drug-likeness (QED) is 0.162. The van der Waals surface area contributed by atoms with Gasteiger partial charge in [0.25, 0.3) is 10.0 Å². The molecule has 0 aliphatic carbocycles. The number of carbonyl (C=O) groups is 2. The second kappa shape index (κ2) is 16.2. The summed E-state index contributed by atoms with van der Waals surface area (Å²) in [6.07, 6.45) is 0.850. The van der Waals surface area contributed by atoms with E-state index in [4.69, 9.17) is 4.74 Å². The van der Waals surface area contributed by atoms with Crippen molar-refractivity contribution in [2.24, 2.45) is 0 Å². The van der Waals surface area contributed by atoms with Crippen LogP contribution < -0.4 is 14.4 Å². The Hall–Kier alpha value is -4.70. The van der Waals surface area contributed by atoms with Crippen molar-refractivity contribution in [1.82, 2.24) is 10.2 Å². The number of carbonyl (C=O) groups excluding carboxylic acids is 2. The van der Waals surface area contributed by atoms with E-state index in [0.717, 1.165) is 15.4 Å². The minimum Gasteiger partial charge on any atom is -0.492 e. The smallest absolute Gasteiger partial charge is 0.264 e. The maximum atomic E-state index is 14.6. The monoisotopic (exact) mass is 659 g/mol. The van der Waals surface area contributed by atoms with Gasteiger partial charge in [0.1, 0.15) is 24.2 Å². The first-order valence-corrected chi connectivity index (χ1v) is 17.2. The molecule has 0 saturated heterocycles. The van der Waals surface area contributed by atoms with E-state index in [2.05, 4.69) is 5.32 Å². The summed E-state index contributed by atoms with van der Waals surface area (Å²) in [6.45, 7) is 7.06. The highest BCUT2D eigenvalue weighted by atomic mass is 32.2. The first kappa shape index (κ1) is 35.2. The lowest BCUT2D eigenvalue weighted by molar-refractivity contribution is -0.140. The second-order valence-corrected chi connectivity index (χ2v) is 13.3. The Morgan fingerprint density at radius 1 is 0.851 bits per heavy atom. The largest absolute Gasteiger partial charge is 0.492 e. The SMILES string of the molecule is CCOc1ccccc1N(CC(=O)N(Cc1ccc(F)cc1)C(Cc1ccccc1)C(=O)NC(C)CC)S(=O)(=O)c1ccc(C)cc1. The third-order valence-corrected chi connectivity index (χ3v) is 9.63. The Morgan fingerprint density at radius 2 is 1.49 bits per heavy atom. The Kier molecular flexibility index (Phi) is 12.1. The van der Waals surface area contributed by atoms with Gasteiger partial charge in [0.05, 0.1) is 17.2 Å². The van der Waals surface area contributed by atoms with Crippen LogP contribution in [0.3, 0.4) is 0 Å². The van der Waals surface area contributed by atoms with E-state index in [9.17, 15) is 22.4 Å². The van der Waals surface area contributed by atoms with Gasteiger partial charge in [-0.15, -0.1) is 0 Å². The van der Waals surface area contributed by atoms with Crippen molar-refractivity contribution in [3.05, 3.63) is 126 Å². The Morgan fingerprint density at radius 3 is 2.13 bits per heavy atom. The molecule has 4 rings (SSSR count). The second-order valence-electron chi connectivity index (χ2n) is 11.4. The van der Waals surface area contributed by atoms with Crippen molar-refractivity contribution < 1.29 is 27.1 Å². The van der Waals surface area contributed by atoms with Crippen LogP contribution in [0.1, 0.15) is 43.9 Å². The summed E-state index contributed by atoms with van der Waals surface area (Å²) in [5.74, 6) is -1.14. The van der Waals surface area contributed by atoms with Crippen LogP contribution >= 0.6 is 0 Å². The number of aryl methyl sites for hydroxylation is 1. The summed E-state index contributed by atoms with van der Waals surface area (Å²) < 4.78 is 49.4. The number of nitrogens with one attached hydrogen (secondary N) is 1. The van der Waals surface area contributed by atoms with Crippen molar-refractivity contribution in [2.45, 2.75) is 64.1 Å². The molecule has 0 heterocycles. The van der Waals surface area contributed by atoms with Gasteiger partial charge in [-0.05, 0) is 74.7 Å². The van der Waals surface area contributed by atoms with Crippen LogP contribution in [-0.4, -0.2) is 50.4 Å². The van der Waals surface area contributed by atoms with Crippen molar-refractivity contribution in [3.63, 3.8) is 0 Å². The molecule has 47 heavy (non-hydrogen) atoms. The van der Waals surface area contributed by atoms with Gasteiger partial charge in [0.2, 0.25) is 11.8 Å². The van der Waals surface area contributed by atoms with Crippen molar-refractivity contribution >= 4 is 27.5 Å². The van der Waals surface area contributed by atoms with E-state index < -0.39 is 34.3 Å². The normalized spacial score (nSPS) is 12.5. The number of para-hydroxylation sites is 2. The number of benzene rings is 4. The number of nitrogens with zero attached hydrogens (tertiary/aromatic N) is 2. The molecular weight excluding hydrogens is 617 g/mol. The average molecular weight is 660 g/mol. The molecular formula is C37H42FN3O5S. The number of hydrogen-bond donors (Lipinski definition) is 1. The van der Waals surface area contributed by atoms with Crippen LogP contribution in [0.5, 0.6) is 5.75 Å². The number of amides is 2. The van der Waals surface area contributed by atoms with Gasteiger partial charge in [-0.2, -0.15) is 0 Å². The van der Waals surface area contributed by atoms with E-state index in [0.29, 0.717) is 17.7 Å². The maximum Gasteiger partial charge on any atom is 0.264 e. The minimum absolute atomic E-state index is 0.00244. The Balaban J connectivity index is 1.84. The fourth-order valence-corrected chi connectivity index (χ4v) is 6.50. The Labute approximate surface area is 277 Å². The van der Waals surface area contributed by atoms with Crippen molar-refractivity contribution in [3.8, 4) is 5.75 Å². The van der Waals surface area contributed by atoms with E-state index in [1.165, 1.54) is 29.2 Å². The lowest BCUT2D eigenvalue weighted by atomic mass is 10.0. The minimum atomic E-state index is -4.29. The van der Waals surface area contributed by atoms with Gasteiger partial charge >= 0.3 is 0 Å². The van der Waals surface area contributed by atoms with Gasteiger partial charge < -0.3 is 15.0 Å². The number of sulfonamides is 1. The summed E-state index contributed by atoms with van der Waals surface area (Å²) in [7, 11) is -4.29. The van der Waals surface area contributed by atoms with Gasteiger partial charge in [-0.1, -0.05) is 79.2 Å². The molecule has 0 spiro atoms. The molecule has 1 N–H and O–H groups in total. The van der Waals surface area contributed by atoms with Crippen LogP contribution in [-0.2, 0) is 32.6 Å². The fourth-order valence-electron chi connectivity index (χ4n) is 5.07. The van der Waals surface area contributed by atoms with E-state index >= 15 is 0 Å². The van der Waals surface area contributed by atoms with Crippen LogP contribution in [0.2, 0.25) is 0 Å². The summed E-state index contributed by atoms with van der Waals surface area (Å²) in [4.78, 5) is 29.9. The third-order valence-electron chi connectivity index (χ3n) is 7.86. The van der Waals surface area contributed by atoms with Gasteiger partial charge in [0.15, 0.2) is 0 Å². The predicted molar refractivity (Wildman–Crippen MR) is 182 cm³/mol. The summed E-state index contributed by atoms with van der Waals surface area (Å²) in [5, 5.41) is 3.01. The lowest BCUT2D eigenvalue weighted by Gasteiger charge is -2.34. The van der Waals surface area contributed by atoms with E-state index in [-0.39, 0.29) is 42.1 Å². The molecule has 0 aromatic heterocycles. The molecule has 0 aliphatic heterocycles. The van der Waals surface area contributed by atoms with Gasteiger partial charge in [-0.3, -0.25) is 13.9 Å². The molecule has 4 aromatic rings. The molecule has 0 saturated carbocycles. The zero-order valence-corrected chi connectivity index (χ0v) is 28.0. The van der Waals surface area contributed by atoms with E-state index in [1.54, 1.807) is 55.5 Å². The highest BCUT2D eigenvalue weighted by Crippen LogP contribution is 2.33. The summed E-state index contributed by atoms with van der Waals surface area (Å²) in [5.41, 5.74) is 2.47. The first-order chi connectivity index (χ1) is 22.5. The number of rotatable bonds is 15. The zero-order chi connectivity index (χ0) is 34.0.